The Morgan fingerprint density at radius 3 is 2.47 bits per heavy atom. The third-order valence-corrected chi connectivity index (χ3v) is 2.96. The van der Waals surface area contributed by atoms with Crippen LogP contribution in [0.5, 0.6) is 11.5 Å². The number of aryl methyl sites for hydroxylation is 1. The lowest BCUT2D eigenvalue weighted by molar-refractivity contribution is 0.121. The topological polar surface area (TPSA) is 53.7 Å². The molecular formula is C10H14BrNO3. The molecule has 0 amide bonds. The van der Waals surface area contributed by atoms with Crippen LogP contribution in [0.2, 0.25) is 0 Å². The summed E-state index contributed by atoms with van der Waals surface area (Å²) in [5, 5.41) is 0. The Morgan fingerprint density at radius 1 is 1.33 bits per heavy atom. The van der Waals surface area contributed by atoms with E-state index in [1.54, 1.807) is 14.2 Å². The maximum Gasteiger partial charge on any atom is 0.136 e. The largest absolute Gasteiger partial charge is 0.496 e. The second-order valence-electron chi connectivity index (χ2n) is 3.03. The zero-order valence-corrected chi connectivity index (χ0v) is 10.6. The molecule has 1 aromatic rings. The first-order valence-electron chi connectivity index (χ1n) is 4.37. The number of halogens is 1. The predicted octanol–water partition coefficient (Wildman–Crippen LogP) is 2.17. The first-order valence-corrected chi connectivity index (χ1v) is 5.16. The summed E-state index contributed by atoms with van der Waals surface area (Å²) in [5.74, 6) is 6.56. The monoisotopic (exact) mass is 275 g/mol. The van der Waals surface area contributed by atoms with Crippen molar-refractivity contribution in [3.05, 3.63) is 21.7 Å². The molecule has 0 radical (unpaired) electrons. The molecule has 1 aromatic carbocycles. The lowest BCUT2D eigenvalue weighted by Crippen LogP contribution is -2.04. The van der Waals surface area contributed by atoms with E-state index in [0.29, 0.717) is 0 Å². The Bertz CT molecular complexity index is 355. The smallest absolute Gasteiger partial charge is 0.136 e. The van der Waals surface area contributed by atoms with E-state index in [1.165, 1.54) is 0 Å². The zero-order valence-electron chi connectivity index (χ0n) is 8.96. The number of benzene rings is 1. The molecular weight excluding hydrogens is 262 g/mol. The first kappa shape index (κ1) is 12.3. The Morgan fingerprint density at radius 2 is 2.00 bits per heavy atom. The number of rotatable bonds is 4. The molecule has 0 aliphatic rings. The van der Waals surface area contributed by atoms with Crippen molar-refractivity contribution in [2.45, 2.75) is 13.5 Å². The van der Waals surface area contributed by atoms with Gasteiger partial charge in [0.25, 0.3) is 0 Å². The van der Waals surface area contributed by atoms with Gasteiger partial charge in [0.15, 0.2) is 0 Å². The molecule has 0 heterocycles. The highest BCUT2D eigenvalue weighted by Gasteiger charge is 2.15. The molecule has 0 aliphatic carbocycles. The highest BCUT2D eigenvalue weighted by molar-refractivity contribution is 9.10. The average molecular weight is 276 g/mol. The van der Waals surface area contributed by atoms with Gasteiger partial charge in [0.05, 0.1) is 25.3 Å². The molecule has 2 N–H and O–H groups in total. The van der Waals surface area contributed by atoms with Crippen molar-refractivity contribution in [3.63, 3.8) is 0 Å². The van der Waals surface area contributed by atoms with Crippen molar-refractivity contribution in [1.29, 1.82) is 0 Å². The highest BCUT2D eigenvalue weighted by atomic mass is 79.9. The van der Waals surface area contributed by atoms with Gasteiger partial charge in [-0.2, -0.15) is 0 Å². The fraction of sp³-hybridized carbons (Fsp3) is 0.400. The van der Waals surface area contributed by atoms with Crippen LogP contribution in [-0.4, -0.2) is 14.2 Å². The SMILES string of the molecule is COc1cc(C)c(OC)c(Br)c1CON. The highest BCUT2D eigenvalue weighted by Crippen LogP contribution is 2.38. The Labute approximate surface area is 97.4 Å². The van der Waals surface area contributed by atoms with Crippen molar-refractivity contribution in [2.24, 2.45) is 5.90 Å². The summed E-state index contributed by atoms with van der Waals surface area (Å²) in [4.78, 5) is 4.63. The number of methoxy groups -OCH3 is 2. The number of hydrogen-bond donors (Lipinski definition) is 1. The zero-order chi connectivity index (χ0) is 11.4. The Hall–Kier alpha value is -0.780. The van der Waals surface area contributed by atoms with E-state index in [9.17, 15) is 0 Å². The first-order chi connectivity index (χ1) is 7.15. The Kier molecular flexibility index (Phi) is 4.38. The van der Waals surface area contributed by atoms with E-state index >= 15 is 0 Å². The van der Waals surface area contributed by atoms with Gasteiger partial charge >= 0.3 is 0 Å². The van der Waals surface area contributed by atoms with Gasteiger partial charge < -0.3 is 9.47 Å². The van der Waals surface area contributed by atoms with E-state index in [-0.39, 0.29) is 6.61 Å². The number of ether oxygens (including phenoxy) is 2. The van der Waals surface area contributed by atoms with Gasteiger partial charge in [-0.1, -0.05) is 0 Å². The van der Waals surface area contributed by atoms with Crippen LogP contribution in [0, 0.1) is 6.92 Å². The molecule has 0 unspecified atom stereocenters. The molecule has 0 saturated carbocycles. The van der Waals surface area contributed by atoms with E-state index < -0.39 is 0 Å². The third kappa shape index (κ3) is 2.42. The number of nitrogens with two attached hydrogens (primary N) is 1. The van der Waals surface area contributed by atoms with Crippen molar-refractivity contribution in [3.8, 4) is 11.5 Å². The normalized spacial score (nSPS) is 10.2. The quantitative estimate of drug-likeness (QED) is 0.856. The van der Waals surface area contributed by atoms with E-state index in [2.05, 4.69) is 20.8 Å². The van der Waals surface area contributed by atoms with E-state index in [1.807, 2.05) is 13.0 Å². The Balaban J connectivity index is 3.32. The summed E-state index contributed by atoms with van der Waals surface area (Å²) in [6.45, 7) is 2.21. The molecule has 15 heavy (non-hydrogen) atoms. The summed E-state index contributed by atoms with van der Waals surface area (Å²) in [6.07, 6.45) is 0. The lowest BCUT2D eigenvalue weighted by atomic mass is 10.1. The van der Waals surface area contributed by atoms with Crippen molar-refractivity contribution < 1.29 is 14.3 Å². The summed E-state index contributed by atoms with van der Waals surface area (Å²) < 4.78 is 11.3. The third-order valence-electron chi connectivity index (χ3n) is 2.12. The average Bonchev–Trinajstić information content (AvgIpc) is 2.22. The molecule has 0 aromatic heterocycles. The van der Waals surface area contributed by atoms with E-state index in [0.717, 1.165) is 27.1 Å². The van der Waals surface area contributed by atoms with Crippen LogP contribution in [-0.2, 0) is 11.4 Å². The molecule has 0 bridgehead atoms. The van der Waals surface area contributed by atoms with Crippen molar-refractivity contribution in [2.75, 3.05) is 14.2 Å². The number of hydrogen-bond acceptors (Lipinski definition) is 4. The van der Waals surface area contributed by atoms with Gasteiger partial charge in [-0.25, -0.2) is 5.90 Å². The molecule has 0 atom stereocenters. The second-order valence-corrected chi connectivity index (χ2v) is 3.83. The predicted molar refractivity (Wildman–Crippen MR) is 61.0 cm³/mol. The van der Waals surface area contributed by atoms with Gasteiger partial charge in [-0.3, -0.25) is 4.84 Å². The molecule has 1 rings (SSSR count). The van der Waals surface area contributed by atoms with Crippen LogP contribution < -0.4 is 15.4 Å². The van der Waals surface area contributed by atoms with Gasteiger partial charge in [-0.15, -0.1) is 0 Å². The van der Waals surface area contributed by atoms with Gasteiger partial charge in [0.1, 0.15) is 11.5 Å². The second kappa shape index (κ2) is 5.34. The summed E-state index contributed by atoms with van der Waals surface area (Å²) in [7, 11) is 3.22. The maximum absolute atomic E-state index is 5.26. The fourth-order valence-corrected chi connectivity index (χ4v) is 2.20. The minimum Gasteiger partial charge on any atom is -0.496 e. The molecule has 0 saturated heterocycles. The van der Waals surface area contributed by atoms with Crippen LogP contribution in [0.15, 0.2) is 10.5 Å². The van der Waals surface area contributed by atoms with Crippen molar-refractivity contribution in [1.82, 2.24) is 0 Å². The van der Waals surface area contributed by atoms with Crippen LogP contribution >= 0.6 is 15.9 Å². The van der Waals surface area contributed by atoms with Crippen LogP contribution in [0.3, 0.4) is 0 Å². The standard InChI is InChI=1S/C10H14BrNO3/c1-6-4-8(13-2)7(5-15-12)9(11)10(6)14-3/h4H,5,12H2,1-3H3. The summed E-state index contributed by atoms with van der Waals surface area (Å²) in [5.41, 5.74) is 1.82. The lowest BCUT2D eigenvalue weighted by Gasteiger charge is -2.15. The van der Waals surface area contributed by atoms with Gasteiger partial charge in [0.2, 0.25) is 0 Å². The molecule has 5 heteroatoms. The molecule has 0 fully saturated rings. The summed E-state index contributed by atoms with van der Waals surface area (Å²) in [6, 6.07) is 1.89. The van der Waals surface area contributed by atoms with E-state index in [4.69, 9.17) is 15.4 Å². The minimum atomic E-state index is 0.264. The molecule has 0 spiro atoms. The molecule has 84 valence electrons. The summed E-state index contributed by atoms with van der Waals surface area (Å²) >= 11 is 3.44. The van der Waals surface area contributed by atoms with Gasteiger partial charge in [-0.05, 0) is 34.5 Å². The molecule has 4 nitrogen and oxygen atoms in total. The minimum absolute atomic E-state index is 0.264. The molecule has 0 aliphatic heterocycles. The van der Waals surface area contributed by atoms with Crippen LogP contribution in [0.4, 0.5) is 0 Å². The van der Waals surface area contributed by atoms with Crippen LogP contribution in [0.25, 0.3) is 0 Å². The van der Waals surface area contributed by atoms with Crippen molar-refractivity contribution >= 4 is 15.9 Å². The maximum atomic E-state index is 5.26. The van der Waals surface area contributed by atoms with Crippen LogP contribution in [0.1, 0.15) is 11.1 Å². The fourth-order valence-electron chi connectivity index (χ4n) is 1.42. The van der Waals surface area contributed by atoms with Gasteiger partial charge in [0, 0.05) is 5.56 Å².